The summed E-state index contributed by atoms with van der Waals surface area (Å²) in [5.41, 5.74) is 7.77. The van der Waals surface area contributed by atoms with Gasteiger partial charge in [-0.05, 0) is 55.4 Å². The minimum Gasteiger partial charge on any atom is -0.493 e. The molecule has 3 rings (SSSR count). The van der Waals surface area contributed by atoms with Gasteiger partial charge in [0.1, 0.15) is 5.75 Å². The van der Waals surface area contributed by atoms with Crippen molar-refractivity contribution in [1.29, 1.82) is 0 Å². The summed E-state index contributed by atoms with van der Waals surface area (Å²) in [6.45, 7) is 1.49. The first-order valence-corrected chi connectivity index (χ1v) is 7.52. The van der Waals surface area contributed by atoms with Gasteiger partial charge in [-0.15, -0.1) is 0 Å². The van der Waals surface area contributed by atoms with E-state index in [0.717, 1.165) is 62.1 Å². The number of hydrogen-bond donors (Lipinski definition) is 2. The first-order valence-electron chi connectivity index (χ1n) is 7.52. The molecule has 1 amide bonds. The molecule has 2 aliphatic rings. The molecule has 20 heavy (non-hydrogen) atoms. The first-order chi connectivity index (χ1) is 9.72. The molecule has 3 N–H and O–H groups in total. The Balaban J connectivity index is 1.54. The zero-order valence-corrected chi connectivity index (χ0v) is 11.7. The van der Waals surface area contributed by atoms with Crippen LogP contribution >= 0.6 is 0 Å². The summed E-state index contributed by atoms with van der Waals surface area (Å²) < 4.78 is 5.45. The maximum Gasteiger partial charge on any atom is 0.251 e. The number of carbonyl (C=O) groups is 1. The van der Waals surface area contributed by atoms with Gasteiger partial charge in [-0.3, -0.25) is 4.79 Å². The number of hydrogen-bond acceptors (Lipinski definition) is 3. The largest absolute Gasteiger partial charge is 0.493 e. The van der Waals surface area contributed by atoms with Gasteiger partial charge in [-0.2, -0.15) is 0 Å². The molecule has 4 nitrogen and oxygen atoms in total. The van der Waals surface area contributed by atoms with Gasteiger partial charge in [0.2, 0.25) is 0 Å². The van der Waals surface area contributed by atoms with E-state index < -0.39 is 0 Å². The molecule has 0 radical (unpaired) electrons. The average Bonchev–Trinajstić information content (AvgIpc) is 2.93. The highest BCUT2D eigenvalue weighted by Crippen LogP contribution is 2.26. The molecular weight excluding hydrogens is 252 g/mol. The zero-order chi connectivity index (χ0) is 13.9. The smallest absolute Gasteiger partial charge is 0.251 e. The normalized spacial score (nSPS) is 24.9. The lowest BCUT2D eigenvalue weighted by molar-refractivity contribution is 0.0943. The van der Waals surface area contributed by atoms with E-state index in [0.29, 0.717) is 12.0 Å². The van der Waals surface area contributed by atoms with E-state index in [2.05, 4.69) is 5.32 Å². The van der Waals surface area contributed by atoms with E-state index in [1.54, 1.807) is 0 Å². The Kier molecular flexibility index (Phi) is 3.92. The molecular formula is C16H22N2O2. The molecule has 0 aromatic heterocycles. The van der Waals surface area contributed by atoms with Gasteiger partial charge in [-0.1, -0.05) is 0 Å². The van der Waals surface area contributed by atoms with Crippen molar-refractivity contribution in [2.45, 2.75) is 38.1 Å². The second-order valence-corrected chi connectivity index (χ2v) is 5.91. The van der Waals surface area contributed by atoms with Crippen LogP contribution in [0.5, 0.6) is 5.75 Å². The Morgan fingerprint density at radius 3 is 2.90 bits per heavy atom. The molecule has 1 aromatic carbocycles. The minimum absolute atomic E-state index is 0.0228. The summed E-state index contributed by atoms with van der Waals surface area (Å²) in [4.78, 5) is 12.2. The summed E-state index contributed by atoms with van der Waals surface area (Å²) >= 11 is 0. The molecule has 1 aliphatic carbocycles. The number of benzene rings is 1. The highest BCUT2D eigenvalue weighted by Gasteiger charge is 2.20. The van der Waals surface area contributed by atoms with Crippen LogP contribution in [-0.4, -0.2) is 25.1 Å². The van der Waals surface area contributed by atoms with Crippen LogP contribution in [0.25, 0.3) is 0 Å². The molecule has 0 unspecified atom stereocenters. The number of fused-ring (bicyclic) bond motifs is 1. The van der Waals surface area contributed by atoms with E-state index in [1.165, 1.54) is 0 Å². The van der Waals surface area contributed by atoms with E-state index in [4.69, 9.17) is 10.5 Å². The fraction of sp³-hybridized carbons (Fsp3) is 0.562. The number of nitrogens with one attached hydrogen (secondary N) is 1. The zero-order valence-electron chi connectivity index (χ0n) is 11.7. The van der Waals surface area contributed by atoms with Crippen molar-refractivity contribution in [3.63, 3.8) is 0 Å². The Morgan fingerprint density at radius 1 is 1.30 bits per heavy atom. The van der Waals surface area contributed by atoms with Crippen LogP contribution in [0.15, 0.2) is 18.2 Å². The van der Waals surface area contributed by atoms with Crippen LogP contribution in [0.2, 0.25) is 0 Å². The van der Waals surface area contributed by atoms with Crippen molar-refractivity contribution in [2.75, 3.05) is 13.2 Å². The van der Waals surface area contributed by atoms with Crippen LogP contribution in [-0.2, 0) is 6.42 Å². The summed E-state index contributed by atoms with van der Waals surface area (Å²) in [6, 6.07) is 6.06. The monoisotopic (exact) mass is 274 g/mol. The van der Waals surface area contributed by atoms with Crippen molar-refractivity contribution >= 4 is 5.91 Å². The van der Waals surface area contributed by atoms with E-state index in [1.807, 2.05) is 18.2 Å². The molecule has 0 atom stereocenters. The van der Waals surface area contributed by atoms with Gasteiger partial charge >= 0.3 is 0 Å². The number of amides is 1. The third-order valence-corrected chi connectivity index (χ3v) is 4.39. The van der Waals surface area contributed by atoms with Gasteiger partial charge < -0.3 is 15.8 Å². The number of ether oxygens (including phenoxy) is 1. The fourth-order valence-electron chi connectivity index (χ4n) is 3.06. The third kappa shape index (κ3) is 2.96. The van der Waals surface area contributed by atoms with Crippen LogP contribution in [0.1, 0.15) is 41.6 Å². The average molecular weight is 274 g/mol. The quantitative estimate of drug-likeness (QED) is 0.884. The van der Waals surface area contributed by atoms with Gasteiger partial charge in [-0.25, -0.2) is 0 Å². The van der Waals surface area contributed by atoms with Crippen molar-refractivity contribution < 1.29 is 9.53 Å². The highest BCUT2D eigenvalue weighted by atomic mass is 16.5. The van der Waals surface area contributed by atoms with Crippen LogP contribution in [0.4, 0.5) is 0 Å². The second-order valence-electron chi connectivity index (χ2n) is 5.91. The Hall–Kier alpha value is -1.55. The Bertz CT molecular complexity index is 493. The standard InChI is InChI=1S/C16H22N2O2/c17-14-4-1-11(2-5-14)10-18-16(19)13-3-6-15-12(9-13)7-8-20-15/h3,6,9,11,14H,1-2,4-5,7-8,10,17H2,(H,18,19). The predicted molar refractivity (Wildman–Crippen MR) is 77.9 cm³/mol. The Labute approximate surface area is 119 Å². The lowest BCUT2D eigenvalue weighted by atomic mass is 9.86. The number of nitrogens with two attached hydrogens (primary N) is 1. The maximum absolute atomic E-state index is 12.2. The first kappa shape index (κ1) is 13.4. The minimum atomic E-state index is 0.0228. The van der Waals surface area contributed by atoms with Gasteiger partial charge in [0.25, 0.3) is 5.91 Å². The molecule has 1 saturated carbocycles. The van der Waals surface area contributed by atoms with Crippen molar-refractivity contribution in [1.82, 2.24) is 5.32 Å². The molecule has 0 spiro atoms. The van der Waals surface area contributed by atoms with Crippen molar-refractivity contribution in [3.8, 4) is 5.75 Å². The van der Waals surface area contributed by atoms with Gasteiger partial charge in [0, 0.05) is 24.6 Å². The van der Waals surface area contributed by atoms with Crippen molar-refractivity contribution in [2.24, 2.45) is 11.7 Å². The van der Waals surface area contributed by atoms with E-state index in [9.17, 15) is 4.79 Å². The highest BCUT2D eigenvalue weighted by molar-refractivity contribution is 5.94. The SMILES string of the molecule is NC1CCC(CNC(=O)c2ccc3c(c2)CCO3)CC1. The summed E-state index contributed by atoms with van der Waals surface area (Å²) in [7, 11) is 0. The molecule has 0 saturated heterocycles. The van der Waals surface area contributed by atoms with E-state index >= 15 is 0 Å². The summed E-state index contributed by atoms with van der Waals surface area (Å²) in [5, 5.41) is 3.05. The molecule has 1 fully saturated rings. The summed E-state index contributed by atoms with van der Waals surface area (Å²) in [6.07, 6.45) is 5.31. The number of rotatable bonds is 3. The molecule has 1 aliphatic heterocycles. The third-order valence-electron chi connectivity index (χ3n) is 4.39. The van der Waals surface area contributed by atoms with Gasteiger partial charge in [0.15, 0.2) is 0 Å². The lowest BCUT2D eigenvalue weighted by Gasteiger charge is -2.26. The lowest BCUT2D eigenvalue weighted by Crippen LogP contribution is -2.34. The second kappa shape index (κ2) is 5.83. The molecule has 1 heterocycles. The molecule has 1 aromatic rings. The van der Waals surface area contributed by atoms with Crippen molar-refractivity contribution in [3.05, 3.63) is 29.3 Å². The Morgan fingerprint density at radius 2 is 2.10 bits per heavy atom. The maximum atomic E-state index is 12.2. The predicted octanol–water partition coefficient (Wildman–Crippen LogP) is 1.87. The molecule has 0 bridgehead atoms. The molecule has 4 heteroatoms. The van der Waals surface area contributed by atoms with Crippen LogP contribution in [0.3, 0.4) is 0 Å². The van der Waals surface area contributed by atoms with Gasteiger partial charge in [0.05, 0.1) is 6.61 Å². The van der Waals surface area contributed by atoms with Crippen LogP contribution in [0, 0.1) is 5.92 Å². The topological polar surface area (TPSA) is 64.3 Å². The molecule has 108 valence electrons. The van der Waals surface area contributed by atoms with E-state index in [-0.39, 0.29) is 5.91 Å². The fourth-order valence-corrected chi connectivity index (χ4v) is 3.06. The number of carbonyl (C=O) groups excluding carboxylic acids is 1. The summed E-state index contributed by atoms with van der Waals surface area (Å²) in [5.74, 6) is 1.52. The van der Waals surface area contributed by atoms with Crippen LogP contribution < -0.4 is 15.8 Å².